The van der Waals surface area contributed by atoms with Gasteiger partial charge in [0.25, 0.3) is 5.91 Å². The quantitative estimate of drug-likeness (QED) is 0.806. The van der Waals surface area contributed by atoms with Crippen molar-refractivity contribution in [3.8, 4) is 5.75 Å². The molecule has 0 saturated carbocycles. The predicted octanol–water partition coefficient (Wildman–Crippen LogP) is 1.10. The third-order valence-corrected chi connectivity index (χ3v) is 2.17. The van der Waals surface area contributed by atoms with Crippen molar-refractivity contribution in [2.45, 2.75) is 26.0 Å². The lowest BCUT2D eigenvalue weighted by molar-refractivity contribution is -0.124. The Hall–Kier alpha value is -1.62. The van der Waals surface area contributed by atoms with Gasteiger partial charge in [0.1, 0.15) is 11.6 Å². The normalized spacial score (nSPS) is 14.2. The number of benzene rings is 1. The second kappa shape index (κ2) is 4.94. The summed E-state index contributed by atoms with van der Waals surface area (Å²) in [5, 5.41) is 0. The molecule has 0 radical (unpaired) electrons. The van der Waals surface area contributed by atoms with Crippen LogP contribution < -0.4 is 16.2 Å². The number of ether oxygens (including phenoxy) is 1. The third kappa shape index (κ3) is 2.93. The molecule has 5 heteroatoms. The van der Waals surface area contributed by atoms with Gasteiger partial charge in [0.2, 0.25) is 0 Å². The highest BCUT2D eigenvalue weighted by Gasteiger charge is 2.15. The Bertz CT molecular complexity index is 394. The van der Waals surface area contributed by atoms with E-state index < -0.39 is 17.8 Å². The van der Waals surface area contributed by atoms with Crippen molar-refractivity contribution in [3.05, 3.63) is 29.6 Å². The SMILES string of the molecule is CC(Oc1ccc(F)cc1[C@H](C)N)C(N)=O. The summed E-state index contributed by atoms with van der Waals surface area (Å²) in [6.45, 7) is 3.23. The van der Waals surface area contributed by atoms with Gasteiger partial charge in [0.15, 0.2) is 6.10 Å². The van der Waals surface area contributed by atoms with E-state index in [1.807, 2.05) is 0 Å². The highest BCUT2D eigenvalue weighted by molar-refractivity contribution is 5.78. The first kappa shape index (κ1) is 12.4. The first-order valence-corrected chi connectivity index (χ1v) is 4.93. The van der Waals surface area contributed by atoms with Gasteiger partial charge >= 0.3 is 0 Å². The fourth-order valence-electron chi connectivity index (χ4n) is 1.23. The van der Waals surface area contributed by atoms with Gasteiger partial charge in [-0.2, -0.15) is 0 Å². The van der Waals surface area contributed by atoms with Crippen molar-refractivity contribution in [2.24, 2.45) is 11.5 Å². The number of hydrogen-bond acceptors (Lipinski definition) is 3. The monoisotopic (exact) mass is 226 g/mol. The van der Waals surface area contributed by atoms with Gasteiger partial charge in [0.05, 0.1) is 0 Å². The molecule has 0 aliphatic heterocycles. The molecular weight excluding hydrogens is 211 g/mol. The molecule has 1 amide bonds. The number of amides is 1. The molecule has 1 rings (SSSR count). The minimum absolute atomic E-state index is 0.378. The Kier molecular flexibility index (Phi) is 3.84. The van der Waals surface area contributed by atoms with E-state index in [-0.39, 0.29) is 6.04 Å². The largest absolute Gasteiger partial charge is 0.481 e. The topological polar surface area (TPSA) is 78.3 Å². The van der Waals surface area contributed by atoms with E-state index in [1.54, 1.807) is 6.92 Å². The van der Waals surface area contributed by atoms with E-state index in [0.29, 0.717) is 11.3 Å². The molecule has 1 unspecified atom stereocenters. The molecule has 0 aliphatic rings. The zero-order chi connectivity index (χ0) is 12.3. The van der Waals surface area contributed by atoms with Crippen LogP contribution in [0.5, 0.6) is 5.75 Å². The van der Waals surface area contributed by atoms with Gasteiger partial charge in [-0.3, -0.25) is 4.79 Å². The second-order valence-corrected chi connectivity index (χ2v) is 3.63. The summed E-state index contributed by atoms with van der Waals surface area (Å²) in [7, 11) is 0. The van der Waals surface area contributed by atoms with Crippen molar-refractivity contribution in [2.75, 3.05) is 0 Å². The summed E-state index contributed by atoms with van der Waals surface area (Å²) in [5.74, 6) is -0.603. The van der Waals surface area contributed by atoms with Crippen molar-refractivity contribution in [3.63, 3.8) is 0 Å². The summed E-state index contributed by atoms with van der Waals surface area (Å²) in [5.41, 5.74) is 11.3. The van der Waals surface area contributed by atoms with Crippen molar-refractivity contribution >= 4 is 5.91 Å². The van der Waals surface area contributed by atoms with E-state index in [9.17, 15) is 9.18 Å². The van der Waals surface area contributed by atoms with Gasteiger partial charge < -0.3 is 16.2 Å². The zero-order valence-corrected chi connectivity index (χ0v) is 9.24. The molecule has 1 aromatic rings. The Morgan fingerprint density at radius 2 is 2.06 bits per heavy atom. The molecule has 0 heterocycles. The minimum Gasteiger partial charge on any atom is -0.481 e. The van der Waals surface area contributed by atoms with E-state index in [4.69, 9.17) is 16.2 Å². The van der Waals surface area contributed by atoms with Crippen molar-refractivity contribution in [1.82, 2.24) is 0 Å². The summed E-state index contributed by atoms with van der Waals surface area (Å²) >= 11 is 0. The van der Waals surface area contributed by atoms with Gasteiger partial charge in [-0.05, 0) is 32.0 Å². The van der Waals surface area contributed by atoms with E-state index in [0.717, 1.165) is 0 Å². The maximum atomic E-state index is 13.0. The number of nitrogens with two attached hydrogens (primary N) is 2. The fourth-order valence-corrected chi connectivity index (χ4v) is 1.23. The van der Waals surface area contributed by atoms with E-state index >= 15 is 0 Å². The number of carbonyl (C=O) groups excluding carboxylic acids is 1. The number of hydrogen-bond donors (Lipinski definition) is 2. The fraction of sp³-hybridized carbons (Fsp3) is 0.364. The number of rotatable bonds is 4. The zero-order valence-electron chi connectivity index (χ0n) is 9.24. The lowest BCUT2D eigenvalue weighted by Gasteiger charge is -2.16. The highest BCUT2D eigenvalue weighted by atomic mass is 19.1. The van der Waals surface area contributed by atoms with Crippen LogP contribution in [0.15, 0.2) is 18.2 Å². The van der Waals surface area contributed by atoms with Gasteiger partial charge in [-0.15, -0.1) is 0 Å². The molecule has 0 bridgehead atoms. The van der Waals surface area contributed by atoms with Crippen molar-refractivity contribution < 1.29 is 13.9 Å². The molecule has 4 nitrogen and oxygen atoms in total. The van der Waals surface area contributed by atoms with Gasteiger partial charge in [0, 0.05) is 11.6 Å². The number of carbonyl (C=O) groups is 1. The van der Waals surface area contributed by atoms with Crippen LogP contribution in [0.25, 0.3) is 0 Å². The third-order valence-electron chi connectivity index (χ3n) is 2.17. The second-order valence-electron chi connectivity index (χ2n) is 3.63. The first-order chi connectivity index (χ1) is 7.41. The molecule has 0 spiro atoms. The Morgan fingerprint density at radius 1 is 1.44 bits per heavy atom. The average molecular weight is 226 g/mol. The van der Waals surface area contributed by atoms with E-state index in [2.05, 4.69) is 0 Å². The molecule has 0 fully saturated rings. The number of halogens is 1. The van der Waals surface area contributed by atoms with Crippen LogP contribution in [0.3, 0.4) is 0 Å². The first-order valence-electron chi connectivity index (χ1n) is 4.93. The summed E-state index contributed by atoms with van der Waals surface area (Å²) in [4.78, 5) is 10.8. The van der Waals surface area contributed by atoms with Crippen LogP contribution in [0.2, 0.25) is 0 Å². The molecule has 1 aromatic carbocycles. The Balaban J connectivity index is 2.99. The standard InChI is InChI=1S/C11H15FN2O2/c1-6(13)9-5-8(12)3-4-10(9)16-7(2)11(14)15/h3-7H,13H2,1-2H3,(H2,14,15)/t6-,7?/m0/s1. The lowest BCUT2D eigenvalue weighted by Crippen LogP contribution is -2.31. The molecule has 0 aromatic heterocycles. The van der Waals surface area contributed by atoms with Crippen LogP contribution in [-0.4, -0.2) is 12.0 Å². The maximum Gasteiger partial charge on any atom is 0.258 e. The molecule has 0 saturated heterocycles. The minimum atomic E-state index is -0.775. The Labute approximate surface area is 93.4 Å². The smallest absolute Gasteiger partial charge is 0.258 e. The molecule has 0 aliphatic carbocycles. The molecule has 2 atom stereocenters. The van der Waals surface area contributed by atoms with Crippen LogP contribution in [0.4, 0.5) is 4.39 Å². The van der Waals surface area contributed by atoms with Crippen LogP contribution in [-0.2, 0) is 4.79 Å². The molecular formula is C11H15FN2O2. The summed E-state index contributed by atoms with van der Waals surface area (Å²) in [6.07, 6.45) is -0.775. The van der Waals surface area contributed by atoms with E-state index in [1.165, 1.54) is 25.1 Å². The molecule has 88 valence electrons. The molecule has 4 N–H and O–H groups in total. The van der Waals surface area contributed by atoms with Crippen LogP contribution >= 0.6 is 0 Å². The summed E-state index contributed by atoms with van der Waals surface area (Å²) < 4.78 is 18.3. The van der Waals surface area contributed by atoms with Crippen LogP contribution in [0.1, 0.15) is 25.5 Å². The van der Waals surface area contributed by atoms with Crippen LogP contribution in [0, 0.1) is 5.82 Å². The maximum absolute atomic E-state index is 13.0. The lowest BCUT2D eigenvalue weighted by atomic mass is 10.1. The molecule has 16 heavy (non-hydrogen) atoms. The average Bonchev–Trinajstić information content (AvgIpc) is 2.20. The van der Waals surface area contributed by atoms with Gasteiger partial charge in [-0.25, -0.2) is 4.39 Å². The van der Waals surface area contributed by atoms with Crippen molar-refractivity contribution in [1.29, 1.82) is 0 Å². The Morgan fingerprint density at radius 3 is 2.56 bits per heavy atom. The van der Waals surface area contributed by atoms with Gasteiger partial charge in [-0.1, -0.05) is 0 Å². The summed E-state index contributed by atoms with van der Waals surface area (Å²) in [6, 6.07) is 3.58. The number of primary amides is 1. The predicted molar refractivity (Wildman–Crippen MR) is 58.3 cm³/mol. The highest BCUT2D eigenvalue weighted by Crippen LogP contribution is 2.25.